The van der Waals surface area contributed by atoms with Crippen LogP contribution in [0.25, 0.3) is 11.3 Å². The van der Waals surface area contributed by atoms with Crippen molar-refractivity contribution in [2.24, 2.45) is 0 Å². The van der Waals surface area contributed by atoms with Crippen molar-refractivity contribution in [1.82, 2.24) is 9.97 Å². The number of anilines is 1. The molecule has 0 aliphatic carbocycles. The van der Waals surface area contributed by atoms with Gasteiger partial charge < -0.3 is 15.6 Å². The number of nitrogens with zero attached hydrogens (tertiary/aromatic N) is 2. The van der Waals surface area contributed by atoms with Crippen molar-refractivity contribution >= 4 is 27.8 Å². The topological polar surface area (TPSA) is 98.3 Å². The molecule has 1 heterocycles. The molecule has 0 aliphatic rings. The summed E-state index contributed by atoms with van der Waals surface area (Å²) in [5, 5.41) is 9.35. The molecule has 7 heteroatoms. The van der Waals surface area contributed by atoms with Crippen LogP contribution in [0.5, 0.6) is 5.75 Å². The van der Waals surface area contributed by atoms with E-state index in [1.165, 1.54) is 0 Å². The van der Waals surface area contributed by atoms with Crippen LogP contribution in [-0.2, 0) is 0 Å². The summed E-state index contributed by atoms with van der Waals surface area (Å²) < 4.78 is 6.15. The van der Waals surface area contributed by atoms with Gasteiger partial charge in [-0.2, -0.15) is 0 Å². The molecule has 2 rings (SSSR count). The van der Waals surface area contributed by atoms with Crippen LogP contribution >= 0.6 is 15.9 Å². The maximum absolute atomic E-state index is 11.4. The number of hydrogen-bond donors (Lipinski definition) is 2. The Morgan fingerprint density at radius 2 is 2.14 bits per heavy atom. The molecule has 0 unspecified atom stereocenters. The fourth-order valence-corrected chi connectivity index (χ4v) is 2.47. The Morgan fingerprint density at radius 3 is 2.71 bits per heavy atom. The first-order valence-electron chi connectivity index (χ1n) is 6.24. The first-order valence-corrected chi connectivity index (χ1v) is 7.03. The highest BCUT2D eigenvalue weighted by Gasteiger charge is 2.19. The molecular formula is C14H14BrN3O3. The summed E-state index contributed by atoms with van der Waals surface area (Å²) in [7, 11) is 0. The molecule has 0 saturated carbocycles. The number of carboxylic acids is 1. The van der Waals surface area contributed by atoms with Crippen LogP contribution in [0.1, 0.15) is 23.0 Å². The third-order valence-electron chi connectivity index (χ3n) is 2.83. The quantitative estimate of drug-likeness (QED) is 0.878. The number of halogens is 1. The molecule has 1 aromatic heterocycles. The molecule has 3 N–H and O–H groups in total. The summed E-state index contributed by atoms with van der Waals surface area (Å²) in [6, 6.07) is 5.24. The number of nitrogen functional groups attached to an aromatic ring is 1. The number of aromatic carboxylic acids is 1. The van der Waals surface area contributed by atoms with Gasteiger partial charge in [0.1, 0.15) is 11.3 Å². The minimum absolute atomic E-state index is 0.0394. The highest BCUT2D eigenvalue weighted by Crippen LogP contribution is 2.32. The number of aryl methyl sites for hydroxylation is 1. The molecule has 0 spiro atoms. The molecule has 0 amide bonds. The zero-order valence-electron chi connectivity index (χ0n) is 11.6. The average Bonchev–Trinajstić information content (AvgIpc) is 2.39. The van der Waals surface area contributed by atoms with E-state index in [-0.39, 0.29) is 17.2 Å². The van der Waals surface area contributed by atoms with Gasteiger partial charge in [-0.25, -0.2) is 14.8 Å². The predicted molar refractivity (Wildman–Crippen MR) is 82.4 cm³/mol. The Labute approximate surface area is 130 Å². The molecule has 110 valence electrons. The predicted octanol–water partition coefficient (Wildman–Crippen LogP) is 2.89. The van der Waals surface area contributed by atoms with Gasteiger partial charge in [0.25, 0.3) is 0 Å². The molecule has 0 saturated heterocycles. The summed E-state index contributed by atoms with van der Waals surface area (Å²) >= 11 is 3.40. The van der Waals surface area contributed by atoms with Crippen LogP contribution in [0, 0.1) is 6.92 Å². The maximum atomic E-state index is 11.4. The Bertz CT molecular complexity index is 704. The Morgan fingerprint density at radius 1 is 1.43 bits per heavy atom. The summed E-state index contributed by atoms with van der Waals surface area (Å²) in [5.74, 6) is -0.373. The van der Waals surface area contributed by atoms with Crippen molar-refractivity contribution < 1.29 is 14.6 Å². The first kappa shape index (κ1) is 15.2. The van der Waals surface area contributed by atoms with Crippen molar-refractivity contribution in [1.29, 1.82) is 0 Å². The van der Waals surface area contributed by atoms with Gasteiger partial charge >= 0.3 is 5.97 Å². The number of aromatic nitrogens is 2. The molecular weight excluding hydrogens is 338 g/mol. The third-order valence-corrected chi connectivity index (χ3v) is 3.45. The van der Waals surface area contributed by atoms with Crippen molar-refractivity contribution in [3.05, 3.63) is 33.9 Å². The molecule has 2 aromatic rings. The van der Waals surface area contributed by atoms with E-state index < -0.39 is 5.97 Å². The van der Waals surface area contributed by atoms with Crippen LogP contribution in [0.3, 0.4) is 0 Å². The lowest BCUT2D eigenvalue weighted by Crippen LogP contribution is -2.09. The number of hydrogen-bond acceptors (Lipinski definition) is 5. The zero-order chi connectivity index (χ0) is 15.6. The van der Waals surface area contributed by atoms with Gasteiger partial charge in [-0.05, 0) is 48.0 Å². The summed E-state index contributed by atoms with van der Waals surface area (Å²) in [6.07, 6.45) is 0. The van der Waals surface area contributed by atoms with Gasteiger partial charge in [-0.15, -0.1) is 0 Å². The van der Waals surface area contributed by atoms with E-state index >= 15 is 0 Å². The second kappa shape index (κ2) is 6.09. The van der Waals surface area contributed by atoms with Gasteiger partial charge in [0.15, 0.2) is 0 Å². The fraction of sp³-hybridized carbons (Fsp3) is 0.214. The van der Waals surface area contributed by atoms with Crippen LogP contribution in [-0.4, -0.2) is 27.7 Å². The number of carbonyl (C=O) groups is 1. The SMILES string of the molecule is CCOc1ccc(-c2nc(N)nc(C)c2C(=O)O)cc1Br. The average molecular weight is 352 g/mol. The van der Waals surface area contributed by atoms with Crippen molar-refractivity contribution in [3.63, 3.8) is 0 Å². The van der Waals surface area contributed by atoms with Gasteiger partial charge in [0.05, 0.1) is 22.5 Å². The summed E-state index contributed by atoms with van der Waals surface area (Å²) in [4.78, 5) is 19.4. The van der Waals surface area contributed by atoms with Crippen molar-refractivity contribution in [2.75, 3.05) is 12.3 Å². The largest absolute Gasteiger partial charge is 0.493 e. The number of ether oxygens (including phenoxy) is 1. The number of rotatable bonds is 4. The maximum Gasteiger partial charge on any atom is 0.339 e. The Balaban J connectivity index is 2.61. The van der Waals surface area contributed by atoms with E-state index in [0.717, 1.165) is 0 Å². The Kier molecular flexibility index (Phi) is 4.42. The smallest absolute Gasteiger partial charge is 0.339 e. The van der Waals surface area contributed by atoms with Crippen LogP contribution in [0.2, 0.25) is 0 Å². The van der Waals surface area contributed by atoms with Gasteiger partial charge in [0.2, 0.25) is 5.95 Å². The van der Waals surface area contributed by atoms with Crippen molar-refractivity contribution in [3.8, 4) is 17.0 Å². The highest BCUT2D eigenvalue weighted by molar-refractivity contribution is 9.10. The monoisotopic (exact) mass is 351 g/mol. The summed E-state index contributed by atoms with van der Waals surface area (Å²) in [5.41, 5.74) is 6.91. The molecule has 0 fully saturated rings. The fourth-order valence-electron chi connectivity index (χ4n) is 1.98. The molecule has 0 radical (unpaired) electrons. The molecule has 0 bridgehead atoms. The Hall–Kier alpha value is -2.15. The normalized spacial score (nSPS) is 10.4. The van der Waals surface area contributed by atoms with Crippen LogP contribution in [0.4, 0.5) is 5.95 Å². The van der Waals surface area contributed by atoms with E-state index in [2.05, 4.69) is 25.9 Å². The third kappa shape index (κ3) is 3.13. The molecule has 1 aromatic carbocycles. The lowest BCUT2D eigenvalue weighted by molar-refractivity contribution is 0.0696. The minimum atomic E-state index is -1.09. The van der Waals surface area contributed by atoms with Gasteiger partial charge in [-0.1, -0.05) is 0 Å². The first-order chi connectivity index (χ1) is 9.93. The van der Waals surface area contributed by atoms with E-state index in [9.17, 15) is 9.90 Å². The van der Waals surface area contributed by atoms with E-state index in [4.69, 9.17) is 10.5 Å². The van der Waals surface area contributed by atoms with Crippen LogP contribution in [0.15, 0.2) is 22.7 Å². The second-order valence-corrected chi connectivity index (χ2v) is 5.13. The molecule has 0 aliphatic heterocycles. The number of benzene rings is 1. The standard InChI is InChI=1S/C14H14BrN3O3/c1-3-21-10-5-4-8(6-9(10)15)12-11(13(19)20)7(2)17-14(16)18-12/h4-6H,3H2,1-2H3,(H,19,20)(H2,16,17,18). The van der Waals surface area contributed by atoms with Gasteiger partial charge in [-0.3, -0.25) is 0 Å². The minimum Gasteiger partial charge on any atom is -0.493 e. The lowest BCUT2D eigenvalue weighted by atomic mass is 10.0. The second-order valence-electron chi connectivity index (χ2n) is 4.27. The van der Waals surface area contributed by atoms with Crippen LogP contribution < -0.4 is 10.5 Å². The number of nitrogens with two attached hydrogens (primary N) is 1. The van der Waals surface area contributed by atoms with Crippen molar-refractivity contribution in [2.45, 2.75) is 13.8 Å². The molecule has 0 atom stereocenters. The number of carboxylic acid groups (broad SMARTS) is 1. The van der Waals surface area contributed by atoms with E-state index in [1.54, 1.807) is 25.1 Å². The van der Waals surface area contributed by atoms with E-state index in [1.807, 2.05) is 6.92 Å². The molecule has 6 nitrogen and oxygen atoms in total. The summed E-state index contributed by atoms with van der Waals surface area (Å²) in [6.45, 7) is 4.02. The molecule has 21 heavy (non-hydrogen) atoms. The highest BCUT2D eigenvalue weighted by atomic mass is 79.9. The van der Waals surface area contributed by atoms with Gasteiger partial charge in [0, 0.05) is 5.56 Å². The lowest BCUT2D eigenvalue weighted by Gasteiger charge is -2.11. The zero-order valence-corrected chi connectivity index (χ0v) is 13.1. The van der Waals surface area contributed by atoms with E-state index in [0.29, 0.717) is 28.1 Å².